The lowest BCUT2D eigenvalue weighted by molar-refractivity contribution is -0.402. The summed E-state index contributed by atoms with van der Waals surface area (Å²) in [7, 11) is 2.06. The van der Waals surface area contributed by atoms with Crippen LogP contribution in [0.15, 0.2) is 46.9 Å². The third kappa shape index (κ3) is 4.61. The molecular weight excluding hydrogens is 270 g/mol. The fourth-order valence-corrected chi connectivity index (χ4v) is 2.02. The van der Waals surface area contributed by atoms with Gasteiger partial charge in [0.2, 0.25) is 0 Å². The molecule has 0 radical (unpaired) electrons. The van der Waals surface area contributed by atoms with Gasteiger partial charge >= 0.3 is 5.88 Å². The molecule has 0 fully saturated rings. The predicted octanol–water partition coefficient (Wildman–Crippen LogP) is 2.80. The van der Waals surface area contributed by atoms with Crippen LogP contribution in [0.4, 0.5) is 11.6 Å². The van der Waals surface area contributed by atoms with Gasteiger partial charge in [-0.2, -0.15) is 0 Å². The van der Waals surface area contributed by atoms with E-state index < -0.39 is 4.92 Å². The summed E-state index contributed by atoms with van der Waals surface area (Å²) in [4.78, 5) is 12.2. The van der Waals surface area contributed by atoms with E-state index in [0.717, 1.165) is 19.5 Å². The number of para-hydroxylation sites is 1. The zero-order chi connectivity index (χ0) is 15.1. The molecule has 6 heteroatoms. The highest BCUT2D eigenvalue weighted by Crippen LogP contribution is 2.15. The molecule has 6 nitrogen and oxygen atoms in total. The molecule has 0 unspecified atom stereocenters. The summed E-state index contributed by atoms with van der Waals surface area (Å²) in [6, 6.07) is 13.2. The van der Waals surface area contributed by atoms with E-state index >= 15 is 0 Å². The molecule has 21 heavy (non-hydrogen) atoms. The molecule has 0 bridgehead atoms. The highest BCUT2D eigenvalue weighted by Gasteiger charge is 2.11. The molecule has 1 heterocycles. The summed E-state index contributed by atoms with van der Waals surface area (Å²) < 4.78 is 5.07. The van der Waals surface area contributed by atoms with E-state index in [2.05, 4.69) is 29.4 Å². The summed E-state index contributed by atoms with van der Waals surface area (Å²) in [5.74, 6) is 0.369. The van der Waals surface area contributed by atoms with Crippen LogP contribution in [0.25, 0.3) is 0 Å². The summed E-state index contributed by atoms with van der Waals surface area (Å²) >= 11 is 0. The van der Waals surface area contributed by atoms with E-state index in [1.54, 1.807) is 6.07 Å². The minimum Gasteiger partial charge on any atom is -0.404 e. The van der Waals surface area contributed by atoms with Gasteiger partial charge in [0.25, 0.3) is 0 Å². The number of furan rings is 1. The van der Waals surface area contributed by atoms with Gasteiger partial charge in [-0.05, 0) is 31.2 Å². The van der Waals surface area contributed by atoms with Crippen LogP contribution >= 0.6 is 0 Å². The second-order valence-corrected chi connectivity index (χ2v) is 4.78. The molecule has 0 spiro atoms. The standard InChI is InChI=1S/C15H19N3O3/c1-17(13-6-3-2-4-7-13)11-5-10-16-12-14-8-9-15(21-14)18(19)20/h2-4,6-9,16H,5,10-12H2,1H3. The van der Waals surface area contributed by atoms with E-state index in [-0.39, 0.29) is 5.88 Å². The lowest BCUT2D eigenvalue weighted by Gasteiger charge is -2.19. The summed E-state index contributed by atoms with van der Waals surface area (Å²) in [5.41, 5.74) is 1.19. The van der Waals surface area contributed by atoms with Crippen LogP contribution in [0, 0.1) is 10.1 Å². The zero-order valence-corrected chi connectivity index (χ0v) is 12.0. The number of nitrogens with zero attached hydrogens (tertiary/aromatic N) is 2. The first-order chi connectivity index (χ1) is 10.2. The molecule has 0 aliphatic carbocycles. The van der Waals surface area contributed by atoms with Gasteiger partial charge in [-0.25, -0.2) is 0 Å². The van der Waals surface area contributed by atoms with E-state index in [9.17, 15) is 10.1 Å². The summed E-state index contributed by atoms with van der Waals surface area (Å²) in [6.07, 6.45) is 0.980. The van der Waals surface area contributed by atoms with Gasteiger partial charge in [-0.3, -0.25) is 10.1 Å². The Balaban J connectivity index is 1.64. The van der Waals surface area contributed by atoms with Crippen molar-refractivity contribution in [3.63, 3.8) is 0 Å². The van der Waals surface area contributed by atoms with Crippen molar-refractivity contribution in [3.8, 4) is 0 Å². The van der Waals surface area contributed by atoms with Crippen molar-refractivity contribution in [1.82, 2.24) is 5.32 Å². The fourth-order valence-electron chi connectivity index (χ4n) is 2.02. The highest BCUT2D eigenvalue weighted by molar-refractivity contribution is 5.44. The molecule has 1 N–H and O–H groups in total. The van der Waals surface area contributed by atoms with Crippen molar-refractivity contribution in [2.75, 3.05) is 25.0 Å². The largest absolute Gasteiger partial charge is 0.433 e. The fraction of sp³-hybridized carbons (Fsp3) is 0.333. The molecule has 1 aromatic carbocycles. The van der Waals surface area contributed by atoms with Crippen LogP contribution in [0.2, 0.25) is 0 Å². The molecule has 112 valence electrons. The Morgan fingerprint density at radius 3 is 2.67 bits per heavy atom. The van der Waals surface area contributed by atoms with Gasteiger partial charge in [0.05, 0.1) is 12.6 Å². The zero-order valence-electron chi connectivity index (χ0n) is 12.0. The van der Waals surface area contributed by atoms with Crippen LogP contribution in [0.1, 0.15) is 12.2 Å². The van der Waals surface area contributed by atoms with Crippen molar-refractivity contribution >= 4 is 11.6 Å². The SMILES string of the molecule is CN(CCCNCc1ccc([N+](=O)[O-])o1)c1ccccc1. The molecular formula is C15H19N3O3. The first kappa shape index (κ1) is 15.1. The number of nitro groups is 1. The average molecular weight is 289 g/mol. The molecule has 0 amide bonds. The summed E-state index contributed by atoms with van der Waals surface area (Å²) in [5, 5.41) is 13.7. The van der Waals surface area contributed by atoms with Gasteiger partial charge < -0.3 is 14.6 Å². The van der Waals surface area contributed by atoms with E-state index in [1.807, 2.05) is 18.2 Å². The number of hydrogen-bond donors (Lipinski definition) is 1. The number of hydrogen-bond acceptors (Lipinski definition) is 5. The van der Waals surface area contributed by atoms with Crippen LogP contribution in [-0.2, 0) is 6.54 Å². The van der Waals surface area contributed by atoms with Gasteiger partial charge in [0, 0.05) is 19.3 Å². The molecule has 0 aliphatic heterocycles. The Labute approximate surface area is 123 Å². The Bertz CT molecular complexity index is 569. The third-order valence-electron chi connectivity index (χ3n) is 3.17. The minimum absolute atomic E-state index is 0.212. The van der Waals surface area contributed by atoms with Gasteiger partial charge in [0.15, 0.2) is 0 Å². The van der Waals surface area contributed by atoms with E-state index in [4.69, 9.17) is 4.42 Å². The number of nitrogens with one attached hydrogen (secondary N) is 1. The van der Waals surface area contributed by atoms with Crippen molar-refractivity contribution in [3.05, 3.63) is 58.3 Å². The Morgan fingerprint density at radius 2 is 2.00 bits per heavy atom. The topological polar surface area (TPSA) is 71.5 Å². The quantitative estimate of drug-likeness (QED) is 0.459. The second-order valence-electron chi connectivity index (χ2n) is 4.78. The van der Waals surface area contributed by atoms with Gasteiger partial charge in [-0.15, -0.1) is 0 Å². The highest BCUT2D eigenvalue weighted by atomic mass is 16.6. The lowest BCUT2D eigenvalue weighted by atomic mass is 10.3. The monoisotopic (exact) mass is 289 g/mol. The van der Waals surface area contributed by atoms with Crippen LogP contribution in [-0.4, -0.2) is 25.1 Å². The molecule has 0 atom stereocenters. The molecule has 0 saturated carbocycles. The maximum atomic E-state index is 10.5. The molecule has 1 aromatic heterocycles. The second kappa shape index (κ2) is 7.44. The first-order valence-electron chi connectivity index (χ1n) is 6.87. The smallest absolute Gasteiger partial charge is 0.404 e. The van der Waals surface area contributed by atoms with Gasteiger partial charge in [-0.1, -0.05) is 18.2 Å². The lowest BCUT2D eigenvalue weighted by Crippen LogP contribution is -2.23. The summed E-state index contributed by atoms with van der Waals surface area (Å²) in [6.45, 7) is 2.27. The number of benzene rings is 1. The molecule has 2 rings (SSSR count). The third-order valence-corrected chi connectivity index (χ3v) is 3.17. The maximum Gasteiger partial charge on any atom is 0.433 e. The van der Waals surface area contributed by atoms with E-state index in [0.29, 0.717) is 12.3 Å². The van der Waals surface area contributed by atoms with Crippen molar-refractivity contribution in [2.45, 2.75) is 13.0 Å². The molecule has 0 saturated heterocycles. The Hall–Kier alpha value is -2.34. The first-order valence-corrected chi connectivity index (χ1v) is 6.87. The molecule has 0 aliphatic rings. The van der Waals surface area contributed by atoms with Crippen LogP contribution in [0.5, 0.6) is 0 Å². The van der Waals surface area contributed by atoms with Crippen molar-refractivity contribution in [2.24, 2.45) is 0 Å². The predicted molar refractivity (Wildman–Crippen MR) is 81.4 cm³/mol. The van der Waals surface area contributed by atoms with Crippen LogP contribution in [0.3, 0.4) is 0 Å². The maximum absolute atomic E-state index is 10.5. The number of rotatable bonds is 8. The molecule has 2 aromatic rings. The number of anilines is 1. The average Bonchev–Trinajstić information content (AvgIpc) is 2.97. The minimum atomic E-state index is -0.529. The van der Waals surface area contributed by atoms with Crippen LogP contribution < -0.4 is 10.2 Å². The Morgan fingerprint density at radius 1 is 1.24 bits per heavy atom. The van der Waals surface area contributed by atoms with Crippen molar-refractivity contribution < 1.29 is 9.34 Å². The normalized spacial score (nSPS) is 10.5. The Kier molecular flexibility index (Phi) is 5.34. The van der Waals surface area contributed by atoms with E-state index in [1.165, 1.54) is 11.8 Å². The van der Waals surface area contributed by atoms with Gasteiger partial charge in [0.1, 0.15) is 10.7 Å². The van der Waals surface area contributed by atoms with Crippen molar-refractivity contribution in [1.29, 1.82) is 0 Å².